The first-order valence-corrected chi connectivity index (χ1v) is 11.3. The van der Waals surface area contributed by atoms with Crippen molar-refractivity contribution in [3.05, 3.63) is 59.7 Å². The lowest BCUT2D eigenvalue weighted by Crippen LogP contribution is -2.37. The summed E-state index contributed by atoms with van der Waals surface area (Å²) in [5, 5.41) is 8.70. The van der Waals surface area contributed by atoms with Crippen LogP contribution in [0.1, 0.15) is 53.8 Å². The third-order valence-electron chi connectivity index (χ3n) is 5.62. The van der Waals surface area contributed by atoms with Crippen molar-refractivity contribution in [1.82, 2.24) is 10.2 Å². The van der Waals surface area contributed by atoms with Crippen LogP contribution in [0.3, 0.4) is 0 Å². The molecule has 0 spiro atoms. The average molecular weight is 437 g/mol. The first-order valence-electron chi connectivity index (χ1n) is 11.3. The van der Waals surface area contributed by atoms with Gasteiger partial charge in [-0.25, -0.2) is 0 Å². The minimum Gasteiger partial charge on any atom is -0.376 e. The van der Waals surface area contributed by atoms with E-state index in [9.17, 15) is 14.4 Å². The van der Waals surface area contributed by atoms with Gasteiger partial charge in [0.05, 0.1) is 6.54 Å². The molecule has 0 aliphatic carbocycles. The van der Waals surface area contributed by atoms with E-state index < -0.39 is 0 Å². The maximum atomic E-state index is 12.6. The van der Waals surface area contributed by atoms with Gasteiger partial charge in [0.2, 0.25) is 5.91 Å². The molecule has 3 rings (SSSR count). The summed E-state index contributed by atoms with van der Waals surface area (Å²) in [6.07, 6.45) is 2.97. The Morgan fingerprint density at radius 2 is 1.50 bits per heavy atom. The number of amides is 3. The second-order valence-electron chi connectivity index (χ2n) is 8.29. The van der Waals surface area contributed by atoms with Crippen LogP contribution in [0.15, 0.2) is 48.5 Å². The highest BCUT2D eigenvalue weighted by atomic mass is 16.2. The molecule has 3 N–H and O–H groups in total. The highest BCUT2D eigenvalue weighted by Gasteiger charge is 2.21. The molecular weight excluding hydrogens is 404 g/mol. The van der Waals surface area contributed by atoms with Crippen molar-refractivity contribution in [3.63, 3.8) is 0 Å². The second-order valence-corrected chi connectivity index (χ2v) is 8.29. The summed E-state index contributed by atoms with van der Waals surface area (Å²) in [4.78, 5) is 38.7. The molecule has 1 saturated heterocycles. The molecule has 0 radical (unpaired) electrons. The molecule has 3 amide bonds. The molecule has 2 aromatic carbocycles. The standard InChI is InChI=1S/C25H32N4O3/c1-3-14-26-24(31)19-4-8-21(9-5-19)27-17-23(30)28-22-10-6-20(7-11-22)25(32)29-15-12-18(2)13-16-29/h4-11,18,27H,3,12-17H2,1-2H3,(H,26,31)(H,28,30). The number of hydrogen-bond donors (Lipinski definition) is 3. The van der Waals surface area contributed by atoms with Gasteiger partial charge in [0, 0.05) is 42.1 Å². The number of carbonyl (C=O) groups excluding carboxylic acids is 3. The first-order chi connectivity index (χ1) is 15.5. The predicted octanol–water partition coefficient (Wildman–Crippen LogP) is 3.75. The summed E-state index contributed by atoms with van der Waals surface area (Å²) in [5.41, 5.74) is 2.62. The Kier molecular flexibility index (Phi) is 8.25. The van der Waals surface area contributed by atoms with Gasteiger partial charge in [-0.1, -0.05) is 13.8 Å². The van der Waals surface area contributed by atoms with Crippen molar-refractivity contribution in [2.45, 2.75) is 33.1 Å². The Morgan fingerprint density at radius 1 is 0.906 bits per heavy atom. The van der Waals surface area contributed by atoms with Crippen LogP contribution >= 0.6 is 0 Å². The lowest BCUT2D eigenvalue weighted by Gasteiger charge is -2.30. The number of likely N-dealkylation sites (tertiary alicyclic amines) is 1. The first kappa shape index (κ1) is 23.3. The summed E-state index contributed by atoms with van der Waals surface area (Å²) in [7, 11) is 0. The fourth-order valence-electron chi connectivity index (χ4n) is 3.56. The van der Waals surface area contributed by atoms with Crippen LogP contribution in [0.2, 0.25) is 0 Å². The van der Waals surface area contributed by atoms with Gasteiger partial charge in [-0.15, -0.1) is 0 Å². The van der Waals surface area contributed by atoms with Crippen LogP contribution in [0.5, 0.6) is 0 Å². The van der Waals surface area contributed by atoms with E-state index in [1.54, 1.807) is 48.5 Å². The SMILES string of the molecule is CCCNC(=O)c1ccc(NCC(=O)Nc2ccc(C(=O)N3CCC(C)CC3)cc2)cc1. The molecule has 0 unspecified atom stereocenters. The van der Waals surface area contributed by atoms with E-state index in [4.69, 9.17) is 0 Å². The number of hydrogen-bond acceptors (Lipinski definition) is 4. The molecule has 1 aliphatic rings. The Balaban J connectivity index is 1.46. The Bertz CT molecular complexity index is 917. The fraction of sp³-hybridized carbons (Fsp3) is 0.400. The summed E-state index contributed by atoms with van der Waals surface area (Å²) < 4.78 is 0. The van der Waals surface area contributed by atoms with Crippen LogP contribution in [-0.2, 0) is 4.79 Å². The van der Waals surface area contributed by atoms with Gasteiger partial charge in [0.15, 0.2) is 0 Å². The molecule has 2 aromatic rings. The van der Waals surface area contributed by atoms with Gasteiger partial charge in [0.1, 0.15) is 0 Å². The van der Waals surface area contributed by atoms with E-state index in [0.29, 0.717) is 29.3 Å². The Labute approximate surface area is 189 Å². The summed E-state index contributed by atoms with van der Waals surface area (Å²) >= 11 is 0. The minimum absolute atomic E-state index is 0.0447. The van der Waals surface area contributed by atoms with Crippen molar-refractivity contribution >= 4 is 29.1 Å². The molecule has 1 aliphatic heterocycles. The van der Waals surface area contributed by atoms with Gasteiger partial charge < -0.3 is 20.9 Å². The summed E-state index contributed by atoms with van der Waals surface area (Å²) in [6, 6.07) is 14.0. The van der Waals surface area contributed by atoms with Gasteiger partial charge in [-0.05, 0) is 73.7 Å². The largest absolute Gasteiger partial charge is 0.376 e. The number of benzene rings is 2. The highest BCUT2D eigenvalue weighted by Crippen LogP contribution is 2.19. The van der Waals surface area contributed by atoms with Crippen molar-refractivity contribution < 1.29 is 14.4 Å². The minimum atomic E-state index is -0.195. The van der Waals surface area contributed by atoms with E-state index in [1.807, 2.05) is 11.8 Å². The van der Waals surface area contributed by atoms with Crippen molar-refractivity contribution in [3.8, 4) is 0 Å². The average Bonchev–Trinajstić information content (AvgIpc) is 2.82. The number of anilines is 2. The Morgan fingerprint density at radius 3 is 2.12 bits per heavy atom. The van der Waals surface area contributed by atoms with Gasteiger partial charge in [-0.2, -0.15) is 0 Å². The number of piperidine rings is 1. The van der Waals surface area contributed by atoms with Crippen LogP contribution < -0.4 is 16.0 Å². The lowest BCUT2D eigenvalue weighted by molar-refractivity contribution is -0.114. The summed E-state index contributed by atoms with van der Waals surface area (Å²) in [6.45, 7) is 6.56. The van der Waals surface area contributed by atoms with Crippen LogP contribution in [0.4, 0.5) is 11.4 Å². The maximum absolute atomic E-state index is 12.6. The zero-order chi connectivity index (χ0) is 22.9. The van der Waals surface area contributed by atoms with Crippen LogP contribution in [-0.4, -0.2) is 48.8 Å². The predicted molar refractivity (Wildman–Crippen MR) is 127 cm³/mol. The normalized spacial score (nSPS) is 14.0. The fourth-order valence-corrected chi connectivity index (χ4v) is 3.56. The third kappa shape index (κ3) is 6.57. The zero-order valence-electron chi connectivity index (χ0n) is 18.8. The monoisotopic (exact) mass is 436 g/mol. The number of nitrogens with one attached hydrogen (secondary N) is 3. The smallest absolute Gasteiger partial charge is 0.253 e. The van der Waals surface area contributed by atoms with Crippen molar-refractivity contribution in [2.75, 3.05) is 36.8 Å². The van der Waals surface area contributed by atoms with Crippen molar-refractivity contribution in [1.29, 1.82) is 0 Å². The zero-order valence-corrected chi connectivity index (χ0v) is 18.8. The second kappa shape index (κ2) is 11.3. The quantitative estimate of drug-likeness (QED) is 0.588. The van der Waals surface area contributed by atoms with Crippen molar-refractivity contribution in [2.24, 2.45) is 5.92 Å². The van der Waals surface area contributed by atoms with E-state index in [-0.39, 0.29) is 24.3 Å². The molecule has 0 bridgehead atoms. The van der Waals surface area contributed by atoms with Gasteiger partial charge >= 0.3 is 0 Å². The number of rotatable bonds is 8. The molecule has 1 heterocycles. The molecule has 1 fully saturated rings. The lowest BCUT2D eigenvalue weighted by atomic mass is 9.98. The van der Waals surface area contributed by atoms with Gasteiger partial charge in [-0.3, -0.25) is 14.4 Å². The molecule has 0 atom stereocenters. The molecule has 0 aromatic heterocycles. The van der Waals surface area contributed by atoms with E-state index in [1.165, 1.54) is 0 Å². The topological polar surface area (TPSA) is 90.5 Å². The van der Waals surface area contributed by atoms with Crippen LogP contribution in [0.25, 0.3) is 0 Å². The maximum Gasteiger partial charge on any atom is 0.253 e. The molecule has 0 saturated carbocycles. The number of carbonyl (C=O) groups is 3. The van der Waals surface area contributed by atoms with E-state index in [2.05, 4.69) is 22.9 Å². The molecule has 170 valence electrons. The van der Waals surface area contributed by atoms with Crippen LogP contribution in [0, 0.1) is 5.92 Å². The number of nitrogens with zero attached hydrogens (tertiary/aromatic N) is 1. The third-order valence-corrected chi connectivity index (χ3v) is 5.62. The summed E-state index contributed by atoms with van der Waals surface area (Å²) in [5.74, 6) is 0.420. The molecule has 32 heavy (non-hydrogen) atoms. The molecule has 7 heteroatoms. The van der Waals surface area contributed by atoms with Gasteiger partial charge in [0.25, 0.3) is 11.8 Å². The highest BCUT2D eigenvalue weighted by molar-refractivity contribution is 5.97. The van der Waals surface area contributed by atoms with E-state index in [0.717, 1.165) is 38.0 Å². The Hall–Kier alpha value is -3.35. The van der Waals surface area contributed by atoms with E-state index >= 15 is 0 Å². The molecular formula is C25H32N4O3. The molecule has 7 nitrogen and oxygen atoms in total.